The first-order valence-electron chi connectivity index (χ1n) is 7.16. The highest BCUT2D eigenvalue weighted by atomic mass is 16.5. The van der Waals surface area contributed by atoms with Crippen molar-refractivity contribution in [2.75, 3.05) is 6.61 Å². The Labute approximate surface area is 129 Å². The Hall–Kier alpha value is -2.88. The molecule has 0 saturated carbocycles. The van der Waals surface area contributed by atoms with Gasteiger partial charge in [-0.05, 0) is 30.7 Å². The molecule has 0 aromatic heterocycles. The number of benzene rings is 2. The topological polar surface area (TPSA) is 50.7 Å². The fourth-order valence-electron chi connectivity index (χ4n) is 2.22. The molecule has 0 radical (unpaired) electrons. The van der Waals surface area contributed by atoms with Crippen molar-refractivity contribution in [2.24, 2.45) is 4.99 Å². The molecule has 22 heavy (non-hydrogen) atoms. The van der Waals surface area contributed by atoms with Gasteiger partial charge in [-0.3, -0.25) is 4.79 Å². The number of rotatable bonds is 4. The Morgan fingerprint density at radius 3 is 2.73 bits per heavy atom. The highest BCUT2D eigenvalue weighted by Crippen LogP contribution is 2.18. The van der Waals surface area contributed by atoms with E-state index in [4.69, 9.17) is 4.74 Å². The van der Waals surface area contributed by atoms with Crippen LogP contribution in [0.2, 0.25) is 0 Å². The molecule has 4 nitrogen and oxygen atoms in total. The van der Waals surface area contributed by atoms with Gasteiger partial charge in [0.15, 0.2) is 0 Å². The minimum Gasteiger partial charge on any atom is -0.494 e. The fraction of sp³-hybridized carbons (Fsp3) is 0.111. The van der Waals surface area contributed by atoms with Gasteiger partial charge in [0.1, 0.15) is 17.3 Å². The van der Waals surface area contributed by atoms with Crippen molar-refractivity contribution in [3.8, 4) is 5.75 Å². The maximum Gasteiger partial charge on any atom is 0.275 e. The predicted molar refractivity (Wildman–Crippen MR) is 86.7 cm³/mol. The van der Waals surface area contributed by atoms with Crippen LogP contribution in [0, 0.1) is 0 Å². The lowest BCUT2D eigenvalue weighted by molar-refractivity contribution is -0.115. The summed E-state index contributed by atoms with van der Waals surface area (Å²) in [5.41, 5.74) is 2.17. The highest BCUT2D eigenvalue weighted by molar-refractivity contribution is 6.19. The van der Waals surface area contributed by atoms with E-state index in [2.05, 4.69) is 10.3 Å². The van der Waals surface area contributed by atoms with Gasteiger partial charge in [0, 0.05) is 5.56 Å². The Morgan fingerprint density at radius 1 is 1.14 bits per heavy atom. The Morgan fingerprint density at radius 2 is 1.95 bits per heavy atom. The lowest BCUT2D eigenvalue weighted by Crippen LogP contribution is -2.24. The summed E-state index contributed by atoms with van der Waals surface area (Å²) in [6.45, 7) is 2.54. The van der Waals surface area contributed by atoms with E-state index < -0.39 is 0 Å². The van der Waals surface area contributed by atoms with Crippen LogP contribution in [-0.4, -0.2) is 18.3 Å². The van der Waals surface area contributed by atoms with Crippen LogP contribution in [0.3, 0.4) is 0 Å². The summed E-state index contributed by atoms with van der Waals surface area (Å²) >= 11 is 0. The maximum atomic E-state index is 12.0. The van der Waals surface area contributed by atoms with Crippen LogP contribution in [0.25, 0.3) is 6.08 Å². The first-order valence-corrected chi connectivity index (χ1v) is 7.16. The Kier molecular flexibility index (Phi) is 4.01. The van der Waals surface area contributed by atoms with Gasteiger partial charge in [-0.15, -0.1) is 0 Å². The zero-order valence-electron chi connectivity index (χ0n) is 12.2. The predicted octanol–water partition coefficient (Wildman–Crippen LogP) is 3.00. The van der Waals surface area contributed by atoms with Gasteiger partial charge in [-0.1, -0.05) is 42.5 Å². The average molecular weight is 292 g/mol. The SMILES string of the molecule is CCOc1cccc(/C=C2/N=C(c3ccccc3)NC2=O)c1. The standard InChI is InChI=1S/C18H16N2O2/c1-2-22-15-10-6-7-13(11-15)12-16-18(21)20-17(19-16)14-8-4-3-5-9-14/h3-12H,2H2,1H3,(H,19,20,21)/b16-12+. The summed E-state index contributed by atoms with van der Waals surface area (Å²) in [6, 6.07) is 17.2. The molecule has 3 rings (SSSR count). The van der Waals surface area contributed by atoms with Gasteiger partial charge in [0.25, 0.3) is 5.91 Å². The van der Waals surface area contributed by atoms with Crippen LogP contribution >= 0.6 is 0 Å². The second-order valence-corrected chi connectivity index (χ2v) is 4.82. The summed E-state index contributed by atoms with van der Waals surface area (Å²) in [5.74, 6) is 1.17. The van der Waals surface area contributed by atoms with Gasteiger partial charge in [-0.2, -0.15) is 0 Å². The molecule has 0 saturated heterocycles. The molecule has 0 bridgehead atoms. The third kappa shape index (κ3) is 3.06. The van der Waals surface area contributed by atoms with Crippen LogP contribution < -0.4 is 10.1 Å². The third-order valence-electron chi connectivity index (χ3n) is 3.22. The minimum atomic E-state index is -0.194. The van der Waals surface area contributed by atoms with Crippen molar-refractivity contribution in [1.29, 1.82) is 0 Å². The molecular formula is C18H16N2O2. The molecule has 2 aromatic carbocycles. The molecule has 0 fully saturated rings. The number of nitrogens with zero attached hydrogens (tertiary/aromatic N) is 1. The monoisotopic (exact) mass is 292 g/mol. The van der Waals surface area contributed by atoms with Crippen molar-refractivity contribution < 1.29 is 9.53 Å². The van der Waals surface area contributed by atoms with Crippen LogP contribution in [-0.2, 0) is 4.79 Å². The number of ether oxygens (including phenoxy) is 1. The Bertz CT molecular complexity index is 749. The van der Waals surface area contributed by atoms with Crippen molar-refractivity contribution in [1.82, 2.24) is 5.32 Å². The molecular weight excluding hydrogens is 276 g/mol. The first kappa shape index (κ1) is 14.1. The van der Waals surface area contributed by atoms with Crippen LogP contribution in [0.5, 0.6) is 5.75 Å². The van der Waals surface area contributed by atoms with Gasteiger partial charge < -0.3 is 10.1 Å². The van der Waals surface area contributed by atoms with Crippen molar-refractivity contribution in [2.45, 2.75) is 6.92 Å². The van der Waals surface area contributed by atoms with Crippen molar-refractivity contribution in [3.63, 3.8) is 0 Å². The van der Waals surface area contributed by atoms with E-state index >= 15 is 0 Å². The molecule has 0 atom stereocenters. The van der Waals surface area contributed by atoms with Crippen molar-refractivity contribution >= 4 is 17.8 Å². The average Bonchev–Trinajstić information content (AvgIpc) is 2.90. The number of aliphatic imine (C=N–C) groups is 1. The van der Waals surface area contributed by atoms with E-state index in [-0.39, 0.29) is 5.91 Å². The number of hydrogen-bond acceptors (Lipinski definition) is 3. The molecule has 1 heterocycles. The maximum absolute atomic E-state index is 12.0. The molecule has 1 amide bonds. The quantitative estimate of drug-likeness (QED) is 0.881. The molecule has 1 N–H and O–H groups in total. The van der Waals surface area contributed by atoms with Crippen LogP contribution in [0.1, 0.15) is 18.1 Å². The molecule has 1 aliphatic heterocycles. The van der Waals surface area contributed by atoms with E-state index in [0.717, 1.165) is 16.9 Å². The number of nitrogens with one attached hydrogen (secondary N) is 1. The van der Waals surface area contributed by atoms with Gasteiger partial charge >= 0.3 is 0 Å². The number of hydrogen-bond donors (Lipinski definition) is 1. The number of amides is 1. The van der Waals surface area contributed by atoms with Crippen LogP contribution in [0.15, 0.2) is 65.3 Å². The number of carbonyl (C=O) groups excluding carboxylic acids is 1. The summed E-state index contributed by atoms with van der Waals surface area (Å²) in [4.78, 5) is 16.4. The molecule has 1 aliphatic rings. The summed E-state index contributed by atoms with van der Waals surface area (Å²) in [7, 11) is 0. The van der Waals surface area contributed by atoms with Gasteiger partial charge in [0.05, 0.1) is 6.61 Å². The number of amidine groups is 1. The first-order chi connectivity index (χ1) is 10.8. The van der Waals surface area contributed by atoms with Gasteiger partial charge in [-0.25, -0.2) is 4.99 Å². The van der Waals surface area contributed by atoms with E-state index in [1.807, 2.05) is 61.5 Å². The number of carbonyl (C=O) groups is 1. The van der Waals surface area contributed by atoms with Gasteiger partial charge in [0.2, 0.25) is 0 Å². The van der Waals surface area contributed by atoms with E-state index in [1.54, 1.807) is 6.08 Å². The molecule has 0 unspecified atom stereocenters. The third-order valence-corrected chi connectivity index (χ3v) is 3.22. The lowest BCUT2D eigenvalue weighted by atomic mass is 10.2. The summed E-state index contributed by atoms with van der Waals surface area (Å²) in [6.07, 6.45) is 1.76. The summed E-state index contributed by atoms with van der Waals surface area (Å²) in [5, 5.41) is 2.79. The minimum absolute atomic E-state index is 0.194. The van der Waals surface area contributed by atoms with Crippen molar-refractivity contribution in [3.05, 3.63) is 71.4 Å². The van der Waals surface area contributed by atoms with E-state index in [1.165, 1.54) is 0 Å². The lowest BCUT2D eigenvalue weighted by Gasteiger charge is -2.03. The second kappa shape index (κ2) is 6.26. The largest absolute Gasteiger partial charge is 0.494 e. The zero-order valence-corrected chi connectivity index (χ0v) is 12.2. The fourth-order valence-corrected chi connectivity index (χ4v) is 2.22. The molecule has 0 spiro atoms. The molecule has 0 aliphatic carbocycles. The summed E-state index contributed by atoms with van der Waals surface area (Å²) < 4.78 is 5.46. The smallest absolute Gasteiger partial charge is 0.275 e. The Balaban J connectivity index is 1.89. The highest BCUT2D eigenvalue weighted by Gasteiger charge is 2.20. The molecule has 110 valence electrons. The molecule has 4 heteroatoms. The normalized spacial score (nSPS) is 15.6. The van der Waals surface area contributed by atoms with E-state index in [0.29, 0.717) is 18.1 Å². The van der Waals surface area contributed by atoms with Crippen LogP contribution in [0.4, 0.5) is 0 Å². The van der Waals surface area contributed by atoms with E-state index in [9.17, 15) is 4.79 Å². The second-order valence-electron chi connectivity index (χ2n) is 4.82. The zero-order chi connectivity index (χ0) is 15.4. The molecule has 2 aromatic rings.